The molecule has 10 nitrogen and oxygen atoms in total. The number of nitrogens with one attached hydrogen (secondary N) is 1. The molecule has 0 spiro atoms. The molecule has 5 heterocycles. The van der Waals surface area contributed by atoms with Crippen molar-refractivity contribution in [1.29, 1.82) is 0 Å². The number of likely N-dealkylation sites (tertiary alicyclic amines) is 1. The number of carbonyl (C=O) groups excluding carboxylic acids is 1. The zero-order valence-electron chi connectivity index (χ0n) is 19.1. The van der Waals surface area contributed by atoms with Crippen LogP contribution in [-0.4, -0.2) is 63.9 Å². The molecule has 1 aliphatic heterocycles. The summed E-state index contributed by atoms with van der Waals surface area (Å²) in [5.41, 5.74) is 0.765. The van der Waals surface area contributed by atoms with Crippen LogP contribution in [0.5, 0.6) is 0 Å². The van der Waals surface area contributed by atoms with Gasteiger partial charge in [0.2, 0.25) is 0 Å². The van der Waals surface area contributed by atoms with Gasteiger partial charge in [0.25, 0.3) is 11.5 Å². The molecule has 182 valence electrons. The van der Waals surface area contributed by atoms with E-state index in [1.165, 1.54) is 33.9 Å². The fourth-order valence-corrected chi connectivity index (χ4v) is 4.69. The second-order valence-corrected chi connectivity index (χ2v) is 9.11. The number of amides is 1. The number of nitrogens with zero attached hydrogens (tertiary/aromatic N) is 6. The number of carbonyl (C=O) groups is 1. The van der Waals surface area contributed by atoms with Crippen molar-refractivity contribution in [3.8, 4) is 5.69 Å². The predicted molar refractivity (Wildman–Crippen MR) is 129 cm³/mol. The van der Waals surface area contributed by atoms with E-state index in [1.807, 2.05) is 6.07 Å². The molecule has 1 saturated heterocycles. The summed E-state index contributed by atoms with van der Waals surface area (Å²) in [6, 6.07) is 9.32. The fourth-order valence-electron chi connectivity index (χ4n) is 4.69. The van der Waals surface area contributed by atoms with Crippen LogP contribution < -0.4 is 5.56 Å². The molecule has 6 rings (SSSR count). The van der Waals surface area contributed by atoms with Crippen LogP contribution in [0.2, 0.25) is 0 Å². The van der Waals surface area contributed by atoms with E-state index in [1.54, 1.807) is 35.5 Å². The van der Waals surface area contributed by atoms with E-state index in [2.05, 4.69) is 20.1 Å². The first kappa shape index (κ1) is 22.1. The normalized spacial score (nSPS) is 15.6. The lowest BCUT2D eigenvalue weighted by atomic mass is 9.91. The number of fused-ring (bicyclic) bond motifs is 2. The van der Waals surface area contributed by atoms with Crippen LogP contribution in [0.15, 0.2) is 66.1 Å². The van der Waals surface area contributed by atoms with Crippen molar-refractivity contribution in [3.63, 3.8) is 0 Å². The average molecular weight is 487 g/mol. The standard InChI is InChI=1S/C25H22FN7O3/c26-17-1-3-18(4-2-17)33-22-19(13-29-33)23(34)32(15-28-22)14-25(36)6-9-31(10-7-25)24(35)21-11-16-12-27-8-5-20(16)30-21/h1-5,8,11-13,15,30,36H,6-7,9-10,14H2. The van der Waals surface area contributed by atoms with Crippen molar-refractivity contribution in [2.24, 2.45) is 0 Å². The van der Waals surface area contributed by atoms with Gasteiger partial charge in [-0.2, -0.15) is 5.10 Å². The number of piperidine rings is 1. The lowest BCUT2D eigenvalue weighted by molar-refractivity contribution is -0.0300. The Kier molecular flexibility index (Phi) is 5.15. The first-order valence-electron chi connectivity index (χ1n) is 11.5. The zero-order chi connectivity index (χ0) is 24.9. The van der Waals surface area contributed by atoms with E-state index in [4.69, 9.17) is 0 Å². The number of aliphatic hydroxyl groups is 1. The number of pyridine rings is 1. The summed E-state index contributed by atoms with van der Waals surface area (Å²) >= 11 is 0. The number of halogens is 1. The van der Waals surface area contributed by atoms with Crippen LogP contribution in [-0.2, 0) is 6.54 Å². The van der Waals surface area contributed by atoms with Crippen LogP contribution in [0.25, 0.3) is 27.6 Å². The number of H-pyrrole nitrogens is 1. The third kappa shape index (κ3) is 3.83. The Hall–Kier alpha value is -4.38. The minimum atomic E-state index is -1.16. The first-order valence-corrected chi connectivity index (χ1v) is 11.5. The number of benzene rings is 1. The predicted octanol–water partition coefficient (Wildman–Crippen LogP) is 2.26. The average Bonchev–Trinajstić information content (AvgIpc) is 3.51. The van der Waals surface area contributed by atoms with Gasteiger partial charge in [-0.05, 0) is 49.2 Å². The van der Waals surface area contributed by atoms with Crippen LogP contribution in [0.4, 0.5) is 4.39 Å². The summed E-state index contributed by atoms with van der Waals surface area (Å²) in [5.74, 6) is -0.508. The molecule has 0 unspecified atom stereocenters. The van der Waals surface area contributed by atoms with Gasteiger partial charge in [-0.15, -0.1) is 0 Å². The molecule has 1 aromatic carbocycles. The van der Waals surface area contributed by atoms with Gasteiger partial charge < -0.3 is 15.0 Å². The highest BCUT2D eigenvalue weighted by Crippen LogP contribution is 2.26. The Bertz CT molecular complexity index is 1610. The molecule has 0 aliphatic carbocycles. The van der Waals surface area contributed by atoms with Crippen molar-refractivity contribution in [3.05, 3.63) is 83.2 Å². The Morgan fingerprint density at radius 2 is 1.92 bits per heavy atom. The third-order valence-corrected chi connectivity index (χ3v) is 6.72. The summed E-state index contributed by atoms with van der Waals surface area (Å²) in [6.07, 6.45) is 6.81. The minimum Gasteiger partial charge on any atom is -0.388 e. The maximum Gasteiger partial charge on any atom is 0.270 e. The second-order valence-electron chi connectivity index (χ2n) is 9.11. The van der Waals surface area contributed by atoms with Crippen LogP contribution in [0, 0.1) is 5.82 Å². The molecule has 0 radical (unpaired) electrons. The first-order chi connectivity index (χ1) is 17.4. The number of rotatable bonds is 4. The van der Waals surface area contributed by atoms with Crippen molar-refractivity contribution in [1.82, 2.24) is 34.2 Å². The van der Waals surface area contributed by atoms with Gasteiger partial charge in [0.1, 0.15) is 23.2 Å². The van der Waals surface area contributed by atoms with E-state index in [9.17, 15) is 19.1 Å². The monoisotopic (exact) mass is 487 g/mol. The van der Waals surface area contributed by atoms with Crippen molar-refractivity contribution < 1.29 is 14.3 Å². The maximum atomic E-state index is 13.3. The van der Waals surface area contributed by atoms with Gasteiger partial charge in [-0.25, -0.2) is 14.1 Å². The Morgan fingerprint density at radius 3 is 2.67 bits per heavy atom. The van der Waals surface area contributed by atoms with Crippen molar-refractivity contribution in [2.75, 3.05) is 13.1 Å². The SMILES string of the molecule is O=C(c1cc2cnccc2[nH]1)N1CCC(O)(Cn2cnc3c(cnn3-c3ccc(F)cc3)c2=O)CC1. The molecule has 1 fully saturated rings. The van der Waals surface area contributed by atoms with Crippen molar-refractivity contribution in [2.45, 2.75) is 25.0 Å². The number of aromatic amines is 1. The summed E-state index contributed by atoms with van der Waals surface area (Å²) in [7, 11) is 0. The van der Waals surface area contributed by atoms with Gasteiger partial charge in [0.05, 0.1) is 24.0 Å². The van der Waals surface area contributed by atoms with Gasteiger partial charge in [0, 0.05) is 36.4 Å². The number of aromatic nitrogens is 6. The topological polar surface area (TPSA) is 122 Å². The lowest BCUT2D eigenvalue weighted by Gasteiger charge is -2.38. The quantitative estimate of drug-likeness (QED) is 0.401. The fraction of sp³-hybridized carbons (Fsp3) is 0.240. The van der Waals surface area contributed by atoms with Gasteiger partial charge in [-0.3, -0.25) is 19.1 Å². The molecule has 0 bridgehead atoms. The Balaban J connectivity index is 1.18. The van der Waals surface area contributed by atoms with Crippen LogP contribution in [0.3, 0.4) is 0 Å². The molecule has 1 amide bonds. The highest BCUT2D eigenvalue weighted by Gasteiger charge is 2.35. The second kappa shape index (κ2) is 8.38. The highest BCUT2D eigenvalue weighted by atomic mass is 19.1. The number of hydrogen-bond donors (Lipinski definition) is 2. The van der Waals surface area contributed by atoms with E-state index in [0.29, 0.717) is 48.3 Å². The molecule has 36 heavy (non-hydrogen) atoms. The molecule has 2 N–H and O–H groups in total. The lowest BCUT2D eigenvalue weighted by Crippen LogP contribution is -2.49. The maximum absolute atomic E-state index is 13.3. The summed E-state index contributed by atoms with van der Waals surface area (Å²) < 4.78 is 16.1. The van der Waals surface area contributed by atoms with Crippen LogP contribution >= 0.6 is 0 Å². The van der Waals surface area contributed by atoms with E-state index < -0.39 is 5.60 Å². The summed E-state index contributed by atoms with van der Waals surface area (Å²) in [6.45, 7) is 0.766. The minimum absolute atomic E-state index is 0.0522. The van der Waals surface area contributed by atoms with Crippen LogP contribution in [0.1, 0.15) is 23.3 Å². The van der Waals surface area contributed by atoms with E-state index >= 15 is 0 Å². The highest BCUT2D eigenvalue weighted by molar-refractivity contribution is 5.97. The largest absolute Gasteiger partial charge is 0.388 e. The molecule has 0 atom stereocenters. The Morgan fingerprint density at radius 1 is 1.14 bits per heavy atom. The molecule has 11 heteroatoms. The summed E-state index contributed by atoms with van der Waals surface area (Å²) in [5, 5.41) is 16.6. The van der Waals surface area contributed by atoms with Gasteiger partial charge >= 0.3 is 0 Å². The van der Waals surface area contributed by atoms with Gasteiger partial charge in [-0.1, -0.05) is 0 Å². The molecule has 4 aromatic heterocycles. The third-order valence-electron chi connectivity index (χ3n) is 6.72. The summed E-state index contributed by atoms with van der Waals surface area (Å²) in [4.78, 5) is 39.4. The zero-order valence-corrected chi connectivity index (χ0v) is 19.1. The molecule has 5 aromatic rings. The van der Waals surface area contributed by atoms with E-state index in [0.717, 1.165) is 10.9 Å². The smallest absolute Gasteiger partial charge is 0.270 e. The van der Waals surface area contributed by atoms with Crippen molar-refractivity contribution >= 4 is 27.8 Å². The Labute approximate surface area is 203 Å². The molecule has 1 aliphatic rings. The molecular weight excluding hydrogens is 465 g/mol. The molecular formula is C25H22FN7O3. The van der Waals surface area contributed by atoms with E-state index in [-0.39, 0.29) is 23.8 Å². The van der Waals surface area contributed by atoms with Gasteiger partial charge in [0.15, 0.2) is 5.65 Å². The molecule has 0 saturated carbocycles. The number of hydrogen-bond acceptors (Lipinski definition) is 6.